The molecule has 0 unspecified atom stereocenters. The molecule has 1 aliphatic rings. The summed E-state index contributed by atoms with van der Waals surface area (Å²) in [5, 5.41) is 0.669. The number of ether oxygens (including phenoxy) is 3. The van der Waals surface area contributed by atoms with Crippen molar-refractivity contribution in [1.29, 1.82) is 0 Å². The van der Waals surface area contributed by atoms with Gasteiger partial charge < -0.3 is 23.6 Å². The number of furan rings is 1. The molecular weight excluding hydrogens is 488 g/mol. The molecule has 0 saturated carbocycles. The van der Waals surface area contributed by atoms with Crippen molar-refractivity contribution in [2.24, 2.45) is 0 Å². The molecule has 0 saturated heterocycles. The molecule has 1 N–H and O–H groups in total. The van der Waals surface area contributed by atoms with Crippen molar-refractivity contribution in [3.05, 3.63) is 88.1 Å². The summed E-state index contributed by atoms with van der Waals surface area (Å²) in [4.78, 5) is 27.6. The number of esters is 1. The summed E-state index contributed by atoms with van der Waals surface area (Å²) < 4.78 is 49.5. The summed E-state index contributed by atoms with van der Waals surface area (Å²) in [6.45, 7) is 1.66. The minimum Gasteiger partial charge on any atom is -0.468 e. The van der Waals surface area contributed by atoms with E-state index >= 15 is 0 Å². The smallest absolute Gasteiger partial charge is 0.338 e. The monoisotopic (exact) mass is 510 g/mol. The van der Waals surface area contributed by atoms with E-state index in [1.165, 1.54) is 30.5 Å². The molecule has 1 aliphatic heterocycles. The number of aromatic nitrogens is 1. The first-order chi connectivity index (χ1) is 17.3. The highest BCUT2D eigenvalue weighted by molar-refractivity contribution is 7.89. The molecule has 0 fully saturated rings. The summed E-state index contributed by atoms with van der Waals surface area (Å²) in [6.07, 6.45) is 1.44. The van der Waals surface area contributed by atoms with Gasteiger partial charge in [0.05, 0.1) is 35.4 Å². The van der Waals surface area contributed by atoms with Gasteiger partial charge in [-0.15, -0.1) is 0 Å². The molecule has 11 heteroatoms. The Morgan fingerprint density at radius 1 is 1.06 bits per heavy atom. The molecule has 2 aromatic heterocycles. The number of fused-ring (bicyclic) bond motifs is 2. The van der Waals surface area contributed by atoms with Gasteiger partial charge in [0, 0.05) is 23.6 Å². The predicted molar refractivity (Wildman–Crippen MR) is 128 cm³/mol. The highest BCUT2D eigenvalue weighted by atomic mass is 32.2. The zero-order chi connectivity index (χ0) is 25.3. The molecule has 5 rings (SSSR count). The molecule has 186 valence electrons. The van der Waals surface area contributed by atoms with Gasteiger partial charge >= 0.3 is 5.97 Å². The van der Waals surface area contributed by atoms with E-state index in [9.17, 15) is 18.0 Å². The average molecular weight is 511 g/mol. The lowest BCUT2D eigenvalue weighted by Gasteiger charge is -2.21. The van der Waals surface area contributed by atoms with Gasteiger partial charge in [-0.25, -0.2) is 13.2 Å². The van der Waals surface area contributed by atoms with Crippen molar-refractivity contribution in [1.82, 2.24) is 9.29 Å². The Kier molecular flexibility index (Phi) is 6.25. The SMILES string of the molecule is CCOC(=O)c1ccc(S(=O)(=O)N(Cc2ccco2)Cc2cc3cc4c(cc3[nH]c2=O)OCO4)cc1. The van der Waals surface area contributed by atoms with Crippen LogP contribution in [0.5, 0.6) is 11.5 Å². The molecule has 0 spiro atoms. The predicted octanol–water partition coefficient (Wildman–Crippen LogP) is 3.42. The van der Waals surface area contributed by atoms with Crippen LogP contribution >= 0.6 is 0 Å². The second-order valence-electron chi connectivity index (χ2n) is 8.01. The van der Waals surface area contributed by atoms with Gasteiger partial charge in [-0.2, -0.15) is 4.31 Å². The fourth-order valence-corrected chi connectivity index (χ4v) is 5.26. The van der Waals surface area contributed by atoms with E-state index in [4.69, 9.17) is 18.6 Å². The largest absolute Gasteiger partial charge is 0.468 e. The summed E-state index contributed by atoms with van der Waals surface area (Å²) >= 11 is 0. The van der Waals surface area contributed by atoms with Crippen LogP contribution in [0, 0.1) is 0 Å². The number of sulfonamides is 1. The maximum absolute atomic E-state index is 13.6. The second kappa shape index (κ2) is 9.51. The van der Waals surface area contributed by atoms with Crippen molar-refractivity contribution in [2.75, 3.05) is 13.4 Å². The number of nitrogens with zero attached hydrogens (tertiary/aromatic N) is 1. The number of hydrogen-bond acceptors (Lipinski definition) is 8. The normalized spacial score (nSPS) is 12.8. The van der Waals surface area contributed by atoms with Crippen LogP contribution in [0.1, 0.15) is 28.6 Å². The second-order valence-corrected chi connectivity index (χ2v) is 9.95. The summed E-state index contributed by atoms with van der Waals surface area (Å²) in [7, 11) is -4.09. The van der Waals surface area contributed by atoms with E-state index in [-0.39, 0.29) is 42.5 Å². The topological polar surface area (TPSA) is 128 Å². The van der Waals surface area contributed by atoms with Crippen LogP contribution in [0.4, 0.5) is 0 Å². The van der Waals surface area contributed by atoms with Gasteiger partial charge in [-0.3, -0.25) is 4.79 Å². The number of rotatable bonds is 8. The first kappa shape index (κ1) is 23.6. The van der Waals surface area contributed by atoms with Crippen LogP contribution in [0.3, 0.4) is 0 Å². The van der Waals surface area contributed by atoms with Crippen LogP contribution in [0.15, 0.2) is 75.0 Å². The third-order valence-corrected chi connectivity index (χ3v) is 7.48. The number of nitrogens with one attached hydrogen (secondary N) is 1. The summed E-state index contributed by atoms with van der Waals surface area (Å²) in [6, 6.07) is 13.8. The van der Waals surface area contributed by atoms with Crippen molar-refractivity contribution < 1.29 is 31.8 Å². The Balaban J connectivity index is 1.50. The highest BCUT2D eigenvalue weighted by Gasteiger charge is 2.27. The number of H-pyrrole nitrogens is 1. The Labute approximate surface area is 206 Å². The lowest BCUT2D eigenvalue weighted by atomic mass is 10.1. The molecule has 0 bridgehead atoms. The van der Waals surface area contributed by atoms with Crippen molar-refractivity contribution in [3.63, 3.8) is 0 Å². The van der Waals surface area contributed by atoms with Crippen LogP contribution in [0.25, 0.3) is 10.9 Å². The van der Waals surface area contributed by atoms with Gasteiger partial charge in [0.2, 0.25) is 16.8 Å². The molecule has 4 aromatic rings. The first-order valence-corrected chi connectivity index (χ1v) is 12.5. The zero-order valence-electron chi connectivity index (χ0n) is 19.2. The Morgan fingerprint density at radius 3 is 2.50 bits per heavy atom. The van der Waals surface area contributed by atoms with Crippen molar-refractivity contribution in [3.8, 4) is 11.5 Å². The van der Waals surface area contributed by atoms with Crippen LogP contribution in [-0.2, 0) is 27.8 Å². The zero-order valence-corrected chi connectivity index (χ0v) is 20.0. The van der Waals surface area contributed by atoms with Crippen molar-refractivity contribution >= 4 is 26.9 Å². The molecule has 10 nitrogen and oxygen atoms in total. The lowest BCUT2D eigenvalue weighted by Crippen LogP contribution is -2.32. The van der Waals surface area contributed by atoms with E-state index < -0.39 is 21.6 Å². The average Bonchev–Trinajstić information content (AvgIpc) is 3.54. The van der Waals surface area contributed by atoms with Crippen LogP contribution < -0.4 is 15.0 Å². The molecular formula is C25H22N2O8S. The standard InChI is InChI=1S/C25H22N2O8S/c1-2-32-25(29)16-5-7-20(8-6-16)36(30,31)27(14-19-4-3-9-33-19)13-18-10-17-11-22-23(35-15-34-22)12-21(17)26-24(18)28/h3-12H,2,13-15H2,1H3,(H,26,28). The molecule has 2 aromatic carbocycles. The van der Waals surface area contributed by atoms with Crippen LogP contribution in [0.2, 0.25) is 0 Å². The molecule has 0 amide bonds. The van der Waals surface area contributed by atoms with Gasteiger partial charge in [0.1, 0.15) is 5.76 Å². The number of hydrogen-bond donors (Lipinski definition) is 1. The number of carbonyl (C=O) groups excluding carboxylic acids is 1. The fourth-order valence-electron chi connectivity index (χ4n) is 3.88. The van der Waals surface area contributed by atoms with E-state index in [1.54, 1.807) is 37.3 Å². The summed E-state index contributed by atoms with van der Waals surface area (Å²) in [5.74, 6) is 0.932. The minimum atomic E-state index is -4.09. The number of aromatic amines is 1. The maximum Gasteiger partial charge on any atom is 0.338 e. The van der Waals surface area contributed by atoms with Gasteiger partial charge in [-0.05, 0) is 55.5 Å². The number of pyridine rings is 1. The third kappa shape index (κ3) is 4.58. The Bertz CT molecular complexity index is 1580. The van der Waals surface area contributed by atoms with Crippen LogP contribution in [-0.4, -0.2) is 37.1 Å². The summed E-state index contributed by atoms with van der Waals surface area (Å²) in [5.41, 5.74) is 0.583. The first-order valence-electron chi connectivity index (χ1n) is 11.1. The molecule has 0 atom stereocenters. The third-order valence-electron chi connectivity index (χ3n) is 5.68. The molecule has 3 heterocycles. The Morgan fingerprint density at radius 2 is 1.81 bits per heavy atom. The van der Waals surface area contributed by atoms with E-state index in [0.717, 1.165) is 4.31 Å². The molecule has 36 heavy (non-hydrogen) atoms. The van der Waals surface area contributed by atoms with E-state index in [0.29, 0.717) is 28.2 Å². The fraction of sp³-hybridized carbons (Fsp3) is 0.200. The molecule has 0 aliphatic carbocycles. The quantitative estimate of drug-likeness (QED) is 0.357. The van der Waals surface area contributed by atoms with E-state index in [1.807, 2.05) is 0 Å². The van der Waals surface area contributed by atoms with Gasteiger partial charge in [0.15, 0.2) is 11.5 Å². The highest BCUT2D eigenvalue weighted by Crippen LogP contribution is 2.35. The number of carbonyl (C=O) groups is 1. The van der Waals surface area contributed by atoms with E-state index in [2.05, 4.69) is 4.98 Å². The number of benzene rings is 2. The maximum atomic E-state index is 13.6. The molecule has 0 radical (unpaired) electrons. The van der Waals surface area contributed by atoms with Gasteiger partial charge in [-0.1, -0.05) is 0 Å². The van der Waals surface area contributed by atoms with Gasteiger partial charge in [0.25, 0.3) is 5.56 Å². The Hall–Kier alpha value is -4.09. The van der Waals surface area contributed by atoms with Crippen molar-refractivity contribution in [2.45, 2.75) is 24.9 Å². The lowest BCUT2D eigenvalue weighted by molar-refractivity contribution is 0.0526. The minimum absolute atomic E-state index is 0.0392.